The Morgan fingerprint density at radius 2 is 2.00 bits per heavy atom. The molecule has 0 saturated heterocycles. The number of rotatable bonds is 7. The SMILES string of the molecule is CC1=C(C(=O)OC(C)(C)C)[C@H](c2cccc(Cl)c2)N2C(CC(=O)NCCc3ccccn3)=CSC2=N1. The molecule has 0 saturated carbocycles. The van der Waals surface area contributed by atoms with E-state index < -0.39 is 17.6 Å². The van der Waals surface area contributed by atoms with Crippen LogP contribution in [-0.4, -0.2) is 39.1 Å². The van der Waals surface area contributed by atoms with E-state index in [1.807, 2.05) is 74.4 Å². The lowest BCUT2D eigenvalue weighted by Gasteiger charge is -2.37. The van der Waals surface area contributed by atoms with Crippen LogP contribution in [0.15, 0.2) is 76.0 Å². The zero-order valence-corrected chi connectivity index (χ0v) is 22.3. The lowest BCUT2D eigenvalue weighted by molar-refractivity contribution is -0.150. The van der Waals surface area contributed by atoms with Crippen LogP contribution in [0.5, 0.6) is 0 Å². The topological polar surface area (TPSA) is 83.9 Å². The highest BCUT2D eigenvalue weighted by atomic mass is 35.5. The van der Waals surface area contributed by atoms with E-state index in [1.54, 1.807) is 12.3 Å². The minimum atomic E-state index is -0.667. The zero-order chi connectivity index (χ0) is 25.9. The minimum absolute atomic E-state index is 0.117. The number of nitrogens with zero attached hydrogens (tertiary/aromatic N) is 3. The highest BCUT2D eigenvalue weighted by Gasteiger charge is 2.41. The summed E-state index contributed by atoms with van der Waals surface area (Å²) in [6.07, 6.45) is 2.53. The van der Waals surface area contributed by atoms with Gasteiger partial charge in [0.05, 0.1) is 23.7 Å². The first kappa shape index (κ1) is 26.0. The molecule has 1 amide bonds. The summed E-state index contributed by atoms with van der Waals surface area (Å²) >= 11 is 7.77. The number of carbonyl (C=O) groups is 2. The van der Waals surface area contributed by atoms with E-state index >= 15 is 0 Å². The van der Waals surface area contributed by atoms with Crippen molar-refractivity contribution < 1.29 is 14.3 Å². The number of hydrogen-bond acceptors (Lipinski definition) is 7. The van der Waals surface area contributed by atoms with Crippen LogP contribution in [0.2, 0.25) is 5.02 Å². The number of amides is 1. The maximum atomic E-state index is 13.4. The third kappa shape index (κ3) is 6.17. The standard InChI is InChI=1S/C27H29ClN4O3S/c1-17-23(25(34)35-27(2,3)4)24(18-8-7-9-19(28)14-18)32-21(16-36-26(32)31-17)15-22(33)30-13-11-20-10-5-6-12-29-20/h5-10,12,14,16,24H,11,13,15H2,1-4H3,(H,30,33)/t24-/m0/s1. The third-order valence-corrected chi connectivity index (χ3v) is 6.68. The number of pyridine rings is 1. The summed E-state index contributed by atoms with van der Waals surface area (Å²) in [6, 6.07) is 12.6. The monoisotopic (exact) mass is 524 g/mol. The molecule has 3 heterocycles. The zero-order valence-electron chi connectivity index (χ0n) is 20.7. The van der Waals surface area contributed by atoms with Crippen molar-refractivity contribution in [1.29, 1.82) is 0 Å². The summed E-state index contributed by atoms with van der Waals surface area (Å²) in [7, 11) is 0. The number of amidine groups is 1. The van der Waals surface area contributed by atoms with Crippen LogP contribution in [0, 0.1) is 0 Å². The molecule has 0 aliphatic carbocycles. The Kier molecular flexibility index (Phi) is 7.85. The smallest absolute Gasteiger partial charge is 0.338 e. The lowest BCUT2D eigenvalue weighted by Crippen LogP contribution is -2.39. The predicted octanol–water partition coefficient (Wildman–Crippen LogP) is 5.40. The molecule has 188 valence electrons. The average molecular weight is 525 g/mol. The molecule has 7 nitrogen and oxygen atoms in total. The highest BCUT2D eigenvalue weighted by Crippen LogP contribution is 2.45. The van der Waals surface area contributed by atoms with Crippen molar-refractivity contribution in [3.8, 4) is 0 Å². The van der Waals surface area contributed by atoms with E-state index in [0.29, 0.717) is 34.4 Å². The Morgan fingerprint density at radius 1 is 1.19 bits per heavy atom. The van der Waals surface area contributed by atoms with Crippen LogP contribution in [-0.2, 0) is 20.7 Å². The predicted molar refractivity (Wildman–Crippen MR) is 143 cm³/mol. The molecule has 1 N–H and O–H groups in total. The molecule has 2 aliphatic heterocycles. The van der Waals surface area contributed by atoms with E-state index in [4.69, 9.17) is 21.3 Å². The number of hydrogen-bond donors (Lipinski definition) is 1. The first-order valence-electron chi connectivity index (χ1n) is 11.7. The molecule has 4 rings (SSSR count). The van der Waals surface area contributed by atoms with Gasteiger partial charge in [-0.05, 0) is 62.9 Å². The average Bonchev–Trinajstić information content (AvgIpc) is 3.19. The Balaban J connectivity index is 1.58. The van der Waals surface area contributed by atoms with E-state index in [-0.39, 0.29) is 12.3 Å². The Labute approximate surface area is 220 Å². The van der Waals surface area contributed by atoms with Gasteiger partial charge in [0.1, 0.15) is 5.60 Å². The number of aliphatic imine (C=N–C) groups is 1. The van der Waals surface area contributed by atoms with Crippen molar-refractivity contribution in [1.82, 2.24) is 15.2 Å². The van der Waals surface area contributed by atoms with Gasteiger partial charge in [0, 0.05) is 35.6 Å². The Hall–Kier alpha value is -3.10. The van der Waals surface area contributed by atoms with Gasteiger partial charge in [0.25, 0.3) is 0 Å². The van der Waals surface area contributed by atoms with Crippen LogP contribution < -0.4 is 5.32 Å². The largest absolute Gasteiger partial charge is 0.456 e. The minimum Gasteiger partial charge on any atom is -0.456 e. The molecule has 2 aromatic rings. The van der Waals surface area contributed by atoms with Crippen molar-refractivity contribution in [2.45, 2.75) is 52.2 Å². The number of esters is 1. The Morgan fingerprint density at radius 3 is 2.69 bits per heavy atom. The maximum absolute atomic E-state index is 13.4. The van der Waals surface area contributed by atoms with Gasteiger partial charge in [0.2, 0.25) is 5.91 Å². The highest BCUT2D eigenvalue weighted by molar-refractivity contribution is 8.16. The van der Waals surface area contributed by atoms with E-state index in [0.717, 1.165) is 17.0 Å². The van der Waals surface area contributed by atoms with Gasteiger partial charge in [0.15, 0.2) is 5.17 Å². The maximum Gasteiger partial charge on any atom is 0.338 e. The van der Waals surface area contributed by atoms with E-state index in [9.17, 15) is 9.59 Å². The van der Waals surface area contributed by atoms with Crippen LogP contribution in [0.4, 0.5) is 0 Å². The fourth-order valence-electron chi connectivity index (χ4n) is 4.06. The summed E-state index contributed by atoms with van der Waals surface area (Å²) in [4.78, 5) is 37.2. The molecule has 9 heteroatoms. The molecule has 1 atom stereocenters. The summed E-state index contributed by atoms with van der Waals surface area (Å²) in [5.41, 5.74) is 2.84. The molecule has 1 aromatic carbocycles. The summed E-state index contributed by atoms with van der Waals surface area (Å²) in [5, 5.41) is 6.15. The summed E-state index contributed by atoms with van der Waals surface area (Å²) in [6.45, 7) is 7.79. The first-order valence-corrected chi connectivity index (χ1v) is 13.0. The fourth-order valence-corrected chi connectivity index (χ4v) is 5.22. The molecule has 0 bridgehead atoms. The number of carbonyl (C=O) groups excluding carboxylic acids is 2. The molecular weight excluding hydrogens is 496 g/mol. The van der Waals surface area contributed by atoms with Gasteiger partial charge in [-0.3, -0.25) is 9.78 Å². The van der Waals surface area contributed by atoms with Crippen molar-refractivity contribution >= 4 is 40.4 Å². The van der Waals surface area contributed by atoms with Gasteiger partial charge < -0.3 is 15.0 Å². The van der Waals surface area contributed by atoms with Crippen molar-refractivity contribution in [2.24, 2.45) is 4.99 Å². The van der Waals surface area contributed by atoms with Crippen molar-refractivity contribution in [3.05, 3.63) is 87.3 Å². The number of aromatic nitrogens is 1. The molecule has 0 spiro atoms. The number of benzene rings is 1. The quantitative estimate of drug-likeness (QED) is 0.488. The van der Waals surface area contributed by atoms with Crippen LogP contribution in [0.1, 0.15) is 51.4 Å². The van der Waals surface area contributed by atoms with Gasteiger partial charge in [-0.1, -0.05) is 41.6 Å². The van der Waals surface area contributed by atoms with E-state index in [2.05, 4.69) is 10.3 Å². The number of halogens is 1. The lowest BCUT2D eigenvalue weighted by atomic mass is 9.93. The summed E-state index contributed by atoms with van der Waals surface area (Å²) in [5.74, 6) is -0.558. The molecule has 36 heavy (non-hydrogen) atoms. The van der Waals surface area contributed by atoms with Crippen molar-refractivity contribution in [2.75, 3.05) is 6.54 Å². The molecule has 1 aromatic heterocycles. The second kappa shape index (κ2) is 10.9. The van der Waals surface area contributed by atoms with Crippen LogP contribution in [0.3, 0.4) is 0 Å². The normalized spacial score (nSPS) is 17.4. The number of ether oxygens (including phenoxy) is 1. The second-order valence-corrected chi connectivity index (χ2v) is 10.8. The van der Waals surface area contributed by atoms with Crippen molar-refractivity contribution in [3.63, 3.8) is 0 Å². The van der Waals surface area contributed by atoms with Crippen LogP contribution in [0.25, 0.3) is 0 Å². The van der Waals surface area contributed by atoms with Gasteiger partial charge in [-0.2, -0.15) is 0 Å². The number of allylic oxidation sites excluding steroid dienone is 1. The number of nitrogens with one attached hydrogen (secondary N) is 1. The van der Waals surface area contributed by atoms with E-state index in [1.165, 1.54) is 11.8 Å². The van der Waals surface area contributed by atoms with Crippen LogP contribution >= 0.6 is 23.4 Å². The second-order valence-electron chi connectivity index (χ2n) is 9.55. The third-order valence-electron chi connectivity index (χ3n) is 5.56. The molecule has 0 fully saturated rings. The molecule has 2 aliphatic rings. The molecular formula is C27H29ClN4O3S. The molecule has 0 radical (unpaired) electrons. The number of thioether (sulfide) groups is 1. The van der Waals surface area contributed by atoms with Gasteiger partial charge in [-0.25, -0.2) is 9.79 Å². The number of fused-ring (bicyclic) bond motifs is 1. The summed E-state index contributed by atoms with van der Waals surface area (Å²) < 4.78 is 5.75. The first-order chi connectivity index (χ1) is 17.1. The molecule has 0 unspecified atom stereocenters. The fraction of sp³-hybridized carbons (Fsp3) is 0.333. The Bertz CT molecular complexity index is 1250. The van der Waals surface area contributed by atoms with Gasteiger partial charge in [-0.15, -0.1) is 0 Å². The van der Waals surface area contributed by atoms with Gasteiger partial charge >= 0.3 is 5.97 Å².